The summed E-state index contributed by atoms with van der Waals surface area (Å²) in [7, 11) is -3.63. The molecule has 0 amide bonds. The second kappa shape index (κ2) is 9.26. The van der Waals surface area contributed by atoms with E-state index in [4.69, 9.17) is 4.74 Å². The van der Waals surface area contributed by atoms with Crippen LogP contribution < -0.4 is 4.72 Å². The Hall–Kier alpha value is -3.72. The van der Waals surface area contributed by atoms with Crippen LogP contribution in [-0.2, 0) is 19.6 Å². The van der Waals surface area contributed by atoms with Gasteiger partial charge in [0.15, 0.2) is 6.61 Å². The van der Waals surface area contributed by atoms with Crippen molar-refractivity contribution in [3.05, 3.63) is 82.7 Å². The number of rotatable bonds is 7. The molecule has 0 atom stereocenters. The highest BCUT2D eigenvalue weighted by Gasteiger charge is 2.30. The molecule has 2 aromatic carbocycles. The summed E-state index contributed by atoms with van der Waals surface area (Å²) in [5, 5.41) is 0. The van der Waals surface area contributed by atoms with Crippen LogP contribution in [0.3, 0.4) is 0 Å². The smallest absolute Gasteiger partial charge is 0.308 e. The number of esters is 1. The fourth-order valence-electron chi connectivity index (χ4n) is 3.94. The van der Waals surface area contributed by atoms with Crippen LogP contribution in [0, 0.1) is 20.8 Å². The Bertz CT molecular complexity index is 1400. The minimum atomic E-state index is -3.63. The Balaban J connectivity index is 1.35. The third-order valence-electron chi connectivity index (χ3n) is 5.64. The van der Waals surface area contributed by atoms with Gasteiger partial charge in [0, 0.05) is 28.2 Å². The summed E-state index contributed by atoms with van der Waals surface area (Å²) in [4.78, 5) is 29.2. The maximum atomic E-state index is 12.7. The first-order valence-electron chi connectivity index (χ1n) is 10.8. The molecule has 0 fully saturated rings. The fraction of sp³-hybridized carbons (Fsp3) is 0.240. The van der Waals surface area contributed by atoms with Gasteiger partial charge in [0.05, 0.1) is 17.9 Å². The van der Waals surface area contributed by atoms with Crippen molar-refractivity contribution in [2.75, 3.05) is 13.2 Å². The van der Waals surface area contributed by atoms with Gasteiger partial charge < -0.3 is 9.30 Å². The van der Waals surface area contributed by atoms with E-state index in [-0.39, 0.29) is 36.1 Å². The fourth-order valence-corrected chi connectivity index (χ4v) is 5.19. The van der Waals surface area contributed by atoms with Gasteiger partial charge in [-0.2, -0.15) is 0 Å². The van der Waals surface area contributed by atoms with Crippen molar-refractivity contribution >= 4 is 27.6 Å². The van der Waals surface area contributed by atoms with E-state index in [0.29, 0.717) is 11.1 Å². The van der Waals surface area contributed by atoms with Crippen LogP contribution in [-0.4, -0.2) is 43.7 Å². The Morgan fingerprint density at radius 3 is 2.47 bits per heavy atom. The van der Waals surface area contributed by atoms with Gasteiger partial charge in [0.2, 0.25) is 5.78 Å². The molecule has 9 heteroatoms. The van der Waals surface area contributed by atoms with Crippen molar-refractivity contribution in [1.82, 2.24) is 9.29 Å². The number of nitrogens with one attached hydrogen (secondary N) is 1. The van der Waals surface area contributed by atoms with Gasteiger partial charge in [-0.3, -0.25) is 19.3 Å². The van der Waals surface area contributed by atoms with Crippen molar-refractivity contribution in [2.45, 2.75) is 32.1 Å². The average molecular weight is 480 g/mol. The quantitative estimate of drug-likeness (QED) is 0.414. The number of carbonyl (C=O) groups is 2. The van der Waals surface area contributed by atoms with E-state index in [2.05, 4.69) is 9.71 Å². The molecule has 0 saturated heterocycles. The topological polar surface area (TPSA) is 107 Å². The summed E-state index contributed by atoms with van der Waals surface area (Å²) in [6.45, 7) is 5.45. The van der Waals surface area contributed by atoms with E-state index in [1.165, 1.54) is 6.07 Å². The molecule has 34 heavy (non-hydrogen) atoms. The number of Topliss-reactive ketones (excluding diaryl/α,β-unsaturated/α-hetero) is 1. The maximum absolute atomic E-state index is 12.7. The number of aryl methyl sites for hydroxylation is 2. The minimum absolute atomic E-state index is 0.0289. The van der Waals surface area contributed by atoms with Crippen molar-refractivity contribution in [3.63, 3.8) is 0 Å². The van der Waals surface area contributed by atoms with Crippen LogP contribution in [0.25, 0.3) is 5.69 Å². The SMILES string of the molecule is Cc1ccc(-n2c(C)cc(C(=O)COC(=O)CCN=C3NS(=O)(=O)c4ccccc43)c2C)cc1. The summed E-state index contributed by atoms with van der Waals surface area (Å²) < 4.78 is 33.7. The molecular weight excluding hydrogens is 454 g/mol. The molecule has 0 bridgehead atoms. The summed E-state index contributed by atoms with van der Waals surface area (Å²) in [6, 6.07) is 16.3. The first kappa shape index (κ1) is 23.4. The average Bonchev–Trinajstić information content (AvgIpc) is 3.25. The molecule has 0 aliphatic carbocycles. The zero-order valence-electron chi connectivity index (χ0n) is 19.2. The molecule has 1 N–H and O–H groups in total. The Kier molecular flexibility index (Phi) is 6.39. The van der Waals surface area contributed by atoms with Crippen LogP contribution >= 0.6 is 0 Å². The van der Waals surface area contributed by atoms with Gasteiger partial charge >= 0.3 is 5.97 Å². The second-order valence-corrected chi connectivity index (χ2v) is 9.77. The van der Waals surface area contributed by atoms with Gasteiger partial charge in [-0.1, -0.05) is 29.8 Å². The molecule has 0 radical (unpaired) electrons. The van der Waals surface area contributed by atoms with E-state index in [0.717, 1.165) is 22.6 Å². The third-order valence-corrected chi connectivity index (χ3v) is 7.03. The van der Waals surface area contributed by atoms with Crippen LogP contribution in [0.4, 0.5) is 0 Å². The summed E-state index contributed by atoms with van der Waals surface area (Å²) in [5.41, 5.74) is 4.76. The lowest BCUT2D eigenvalue weighted by Crippen LogP contribution is -2.22. The number of fused-ring (bicyclic) bond motifs is 1. The van der Waals surface area contributed by atoms with Gasteiger partial charge in [0.25, 0.3) is 10.0 Å². The van der Waals surface area contributed by atoms with E-state index in [1.807, 2.05) is 49.6 Å². The number of benzene rings is 2. The highest BCUT2D eigenvalue weighted by Crippen LogP contribution is 2.23. The summed E-state index contributed by atoms with van der Waals surface area (Å²) >= 11 is 0. The highest BCUT2D eigenvalue weighted by molar-refractivity contribution is 7.90. The van der Waals surface area contributed by atoms with Gasteiger partial charge in [-0.15, -0.1) is 0 Å². The van der Waals surface area contributed by atoms with E-state index >= 15 is 0 Å². The van der Waals surface area contributed by atoms with Crippen molar-refractivity contribution in [1.29, 1.82) is 0 Å². The molecular formula is C25H25N3O5S. The van der Waals surface area contributed by atoms with Crippen LogP contribution in [0.5, 0.6) is 0 Å². The maximum Gasteiger partial charge on any atom is 0.308 e. The zero-order valence-corrected chi connectivity index (χ0v) is 20.0. The molecule has 176 valence electrons. The van der Waals surface area contributed by atoms with Crippen molar-refractivity contribution < 1.29 is 22.7 Å². The van der Waals surface area contributed by atoms with Crippen LogP contribution in [0.2, 0.25) is 0 Å². The second-order valence-electron chi connectivity index (χ2n) is 8.12. The van der Waals surface area contributed by atoms with Crippen molar-refractivity contribution in [3.8, 4) is 5.69 Å². The predicted molar refractivity (Wildman–Crippen MR) is 128 cm³/mol. The number of nitrogens with zero attached hydrogens (tertiary/aromatic N) is 2. The molecule has 0 spiro atoms. The number of carbonyl (C=O) groups excluding carboxylic acids is 2. The molecule has 4 rings (SSSR count). The number of aliphatic imine (C=N–C) groups is 1. The predicted octanol–water partition coefficient (Wildman–Crippen LogP) is 3.26. The summed E-state index contributed by atoms with van der Waals surface area (Å²) in [6.07, 6.45) is -0.0803. The standard InChI is InChI=1S/C25H25N3O5S/c1-16-8-10-19(11-9-16)28-17(2)14-21(18(28)3)22(29)15-33-24(30)12-13-26-25-20-6-4-5-7-23(20)34(31,32)27-25/h4-11,14H,12-13,15H2,1-3H3,(H,26,27). The first-order valence-corrected chi connectivity index (χ1v) is 12.3. The Morgan fingerprint density at radius 2 is 1.74 bits per heavy atom. The van der Waals surface area contributed by atoms with Gasteiger partial charge in [-0.25, -0.2) is 8.42 Å². The summed E-state index contributed by atoms with van der Waals surface area (Å²) in [5.74, 6) is -0.675. The van der Waals surface area contributed by atoms with Crippen LogP contribution in [0.15, 0.2) is 64.5 Å². The zero-order chi connectivity index (χ0) is 24.5. The molecule has 8 nitrogen and oxygen atoms in total. The normalized spacial score (nSPS) is 15.1. The van der Waals surface area contributed by atoms with Crippen molar-refractivity contribution in [2.24, 2.45) is 4.99 Å². The Morgan fingerprint density at radius 1 is 1.03 bits per heavy atom. The van der Waals surface area contributed by atoms with Gasteiger partial charge in [-0.05, 0) is 51.1 Å². The number of ketones is 1. The lowest BCUT2D eigenvalue weighted by atomic mass is 10.1. The van der Waals surface area contributed by atoms with E-state index in [9.17, 15) is 18.0 Å². The highest BCUT2D eigenvalue weighted by atomic mass is 32.2. The van der Waals surface area contributed by atoms with Gasteiger partial charge in [0.1, 0.15) is 5.84 Å². The molecule has 0 saturated carbocycles. The lowest BCUT2D eigenvalue weighted by molar-refractivity contribution is -0.142. The molecule has 2 heterocycles. The number of sulfonamides is 1. The Labute approximate surface area is 198 Å². The monoisotopic (exact) mass is 479 g/mol. The van der Waals surface area contributed by atoms with Crippen LogP contribution in [0.1, 0.15) is 39.3 Å². The minimum Gasteiger partial charge on any atom is -0.457 e. The third kappa shape index (κ3) is 4.65. The first-order chi connectivity index (χ1) is 16.2. The lowest BCUT2D eigenvalue weighted by Gasteiger charge is -2.10. The number of hydrogen-bond acceptors (Lipinski definition) is 6. The number of amidine groups is 1. The van der Waals surface area contributed by atoms with E-state index < -0.39 is 16.0 Å². The number of ether oxygens (including phenoxy) is 1. The molecule has 1 aliphatic heterocycles. The molecule has 1 aliphatic rings. The molecule has 0 unspecified atom stereocenters. The molecule has 3 aromatic rings. The largest absolute Gasteiger partial charge is 0.457 e. The number of aromatic nitrogens is 1. The van der Waals surface area contributed by atoms with E-state index in [1.54, 1.807) is 24.3 Å². The number of hydrogen-bond donors (Lipinski definition) is 1. The molecule has 1 aromatic heterocycles.